The maximum atomic E-state index is 6.26. The fourth-order valence-electron chi connectivity index (χ4n) is 6.60. The molecule has 1 aromatic carbocycles. The van der Waals surface area contributed by atoms with Crippen molar-refractivity contribution in [2.24, 2.45) is 0 Å². The summed E-state index contributed by atoms with van der Waals surface area (Å²) < 4.78 is 11.9. The molecule has 5 heteroatoms. The molecule has 3 fully saturated rings. The van der Waals surface area contributed by atoms with Crippen molar-refractivity contribution in [2.45, 2.75) is 69.0 Å². The largest absolute Gasteiger partial charge is 0.493 e. The monoisotopic (exact) mass is 379 g/mol. The number of nitrogens with zero attached hydrogens (tertiary/aromatic N) is 2. The lowest BCUT2D eigenvalue weighted by molar-refractivity contribution is -0.171. The number of fused-ring (bicyclic) bond motifs is 2. The molecule has 0 spiro atoms. The lowest BCUT2D eigenvalue weighted by Crippen LogP contribution is -2.75. The summed E-state index contributed by atoms with van der Waals surface area (Å²) in [6.07, 6.45) is 10.1. The van der Waals surface area contributed by atoms with Gasteiger partial charge in [0, 0.05) is 47.5 Å². The first-order valence-electron chi connectivity index (χ1n) is 10.8. The quantitative estimate of drug-likeness (QED) is 0.824. The molecule has 1 N–H and O–H groups in total. The first-order valence-corrected chi connectivity index (χ1v) is 10.8. The van der Waals surface area contributed by atoms with Gasteiger partial charge in [0.05, 0.1) is 19.2 Å². The van der Waals surface area contributed by atoms with Gasteiger partial charge in [0.2, 0.25) is 0 Å². The average molecular weight is 380 g/mol. The Balaban J connectivity index is 1.26. The molecule has 3 saturated heterocycles. The number of anilines is 1. The summed E-state index contributed by atoms with van der Waals surface area (Å²) >= 11 is 0. The molecule has 2 unspecified atom stereocenters. The van der Waals surface area contributed by atoms with E-state index in [0.717, 1.165) is 60.4 Å². The Morgan fingerprint density at radius 2 is 2.00 bits per heavy atom. The highest BCUT2D eigenvalue weighted by molar-refractivity contribution is 5.95. The van der Waals surface area contributed by atoms with E-state index in [0.29, 0.717) is 5.54 Å². The Morgan fingerprint density at radius 1 is 1.18 bits per heavy atom. The third-order valence-corrected chi connectivity index (χ3v) is 7.77. The number of pyridine rings is 1. The van der Waals surface area contributed by atoms with Crippen molar-refractivity contribution in [3.05, 3.63) is 23.4 Å². The minimum Gasteiger partial charge on any atom is -0.493 e. The van der Waals surface area contributed by atoms with Crippen LogP contribution in [0.2, 0.25) is 0 Å². The number of methoxy groups -OCH3 is 1. The number of aromatic nitrogens is 1. The molecule has 0 saturated carbocycles. The summed E-state index contributed by atoms with van der Waals surface area (Å²) in [6, 6.07) is 5.92. The molecule has 6 rings (SSSR count). The van der Waals surface area contributed by atoms with E-state index >= 15 is 0 Å². The summed E-state index contributed by atoms with van der Waals surface area (Å²) in [5.41, 5.74) is 5.27. The van der Waals surface area contributed by atoms with E-state index in [-0.39, 0.29) is 0 Å². The topological polar surface area (TPSA) is 46.6 Å². The van der Waals surface area contributed by atoms with Crippen LogP contribution in [0.25, 0.3) is 10.9 Å². The molecule has 28 heavy (non-hydrogen) atoms. The third-order valence-electron chi connectivity index (χ3n) is 7.77. The number of hydrogen-bond donors (Lipinski definition) is 1. The highest BCUT2D eigenvalue weighted by Gasteiger charge is 2.65. The van der Waals surface area contributed by atoms with E-state index in [1.54, 1.807) is 7.11 Å². The van der Waals surface area contributed by atoms with Crippen LogP contribution in [-0.4, -0.2) is 48.3 Å². The smallest absolute Gasteiger partial charge is 0.163 e. The van der Waals surface area contributed by atoms with Crippen molar-refractivity contribution in [3.8, 4) is 11.5 Å². The van der Waals surface area contributed by atoms with Gasteiger partial charge in [-0.2, -0.15) is 0 Å². The number of ether oxygens (including phenoxy) is 2. The second-order valence-electron chi connectivity index (χ2n) is 9.06. The molecule has 2 aromatic rings. The van der Waals surface area contributed by atoms with E-state index in [9.17, 15) is 0 Å². The van der Waals surface area contributed by atoms with Gasteiger partial charge >= 0.3 is 0 Å². The fourth-order valence-corrected chi connectivity index (χ4v) is 6.60. The van der Waals surface area contributed by atoms with Crippen LogP contribution in [0.5, 0.6) is 11.5 Å². The number of nitrogens with one attached hydrogen (secondary N) is 1. The number of hydrogen-bond acceptors (Lipinski definition) is 5. The van der Waals surface area contributed by atoms with E-state index in [1.807, 2.05) is 7.05 Å². The molecular formula is C23H29N3O2. The standard InChI is InChI=1S/C23H29N3O2/c1-24-22-16-4-3-5-18(16)25-19-11-21(20(27-2)10-17(19)22)28-9-8-23-12-14-6-7-15(13-23)26(14)23/h10-11,14-15H,3-9,12-13H2,1-2H3,(H,24,25). The number of rotatable bonds is 6. The predicted molar refractivity (Wildman–Crippen MR) is 111 cm³/mol. The second-order valence-corrected chi connectivity index (χ2v) is 9.06. The molecule has 0 bridgehead atoms. The van der Waals surface area contributed by atoms with Gasteiger partial charge in [0.25, 0.3) is 0 Å². The predicted octanol–water partition coefficient (Wildman–Crippen LogP) is 3.92. The molecule has 1 aromatic heterocycles. The zero-order valence-corrected chi connectivity index (χ0v) is 16.9. The molecule has 5 nitrogen and oxygen atoms in total. The maximum Gasteiger partial charge on any atom is 0.163 e. The number of benzene rings is 1. The lowest BCUT2D eigenvalue weighted by atomic mass is 9.66. The van der Waals surface area contributed by atoms with Crippen molar-refractivity contribution >= 4 is 16.6 Å². The summed E-state index contributed by atoms with van der Waals surface area (Å²) in [5, 5.41) is 4.54. The van der Waals surface area contributed by atoms with Gasteiger partial charge in [-0.15, -0.1) is 0 Å². The normalized spacial score (nSPS) is 29.8. The average Bonchev–Trinajstić information content (AvgIpc) is 3.19. The van der Waals surface area contributed by atoms with Crippen LogP contribution in [0.4, 0.5) is 5.69 Å². The van der Waals surface area contributed by atoms with Gasteiger partial charge < -0.3 is 14.8 Å². The summed E-state index contributed by atoms with van der Waals surface area (Å²) in [5.74, 6) is 1.63. The first kappa shape index (κ1) is 16.9. The van der Waals surface area contributed by atoms with Crippen molar-refractivity contribution in [1.82, 2.24) is 9.88 Å². The van der Waals surface area contributed by atoms with E-state index < -0.39 is 0 Å². The second kappa shape index (κ2) is 5.99. The molecule has 3 aliphatic heterocycles. The Morgan fingerprint density at radius 3 is 2.75 bits per heavy atom. The zero-order valence-electron chi connectivity index (χ0n) is 16.9. The van der Waals surface area contributed by atoms with Crippen molar-refractivity contribution < 1.29 is 9.47 Å². The van der Waals surface area contributed by atoms with E-state index in [4.69, 9.17) is 14.5 Å². The minimum atomic E-state index is 0.453. The number of piperidine rings is 1. The van der Waals surface area contributed by atoms with Crippen LogP contribution in [-0.2, 0) is 12.8 Å². The van der Waals surface area contributed by atoms with Crippen LogP contribution in [0.1, 0.15) is 49.8 Å². The van der Waals surface area contributed by atoms with Crippen LogP contribution in [0, 0.1) is 0 Å². The highest BCUT2D eigenvalue weighted by atomic mass is 16.5. The van der Waals surface area contributed by atoms with Crippen LogP contribution in [0.3, 0.4) is 0 Å². The summed E-state index contributed by atoms with van der Waals surface area (Å²) in [7, 11) is 3.73. The Labute approximate surface area is 166 Å². The van der Waals surface area contributed by atoms with Gasteiger partial charge in [-0.1, -0.05) is 0 Å². The lowest BCUT2D eigenvalue weighted by Gasteiger charge is -2.67. The van der Waals surface area contributed by atoms with E-state index in [2.05, 4.69) is 22.3 Å². The Bertz CT molecular complexity index is 943. The SMILES string of the molecule is CNc1c2c(nc3cc(OCCC45CC6CCC(C4)N65)c(OC)cc13)CCC2. The van der Waals surface area contributed by atoms with Crippen molar-refractivity contribution in [2.75, 3.05) is 26.1 Å². The van der Waals surface area contributed by atoms with Gasteiger partial charge in [-0.3, -0.25) is 9.88 Å². The van der Waals surface area contributed by atoms with Crippen LogP contribution >= 0.6 is 0 Å². The minimum absolute atomic E-state index is 0.453. The Hall–Kier alpha value is -2.01. The van der Waals surface area contributed by atoms with Gasteiger partial charge in [-0.05, 0) is 63.0 Å². The molecule has 0 amide bonds. The van der Waals surface area contributed by atoms with Crippen LogP contribution < -0.4 is 14.8 Å². The summed E-state index contributed by atoms with van der Waals surface area (Å²) in [6.45, 7) is 0.752. The van der Waals surface area contributed by atoms with Crippen molar-refractivity contribution in [1.29, 1.82) is 0 Å². The first-order chi connectivity index (χ1) is 13.7. The maximum absolute atomic E-state index is 6.26. The molecule has 4 heterocycles. The molecule has 148 valence electrons. The number of aryl methyl sites for hydroxylation is 1. The van der Waals surface area contributed by atoms with Crippen LogP contribution in [0.15, 0.2) is 12.1 Å². The van der Waals surface area contributed by atoms with Gasteiger partial charge in [-0.25, -0.2) is 0 Å². The third kappa shape index (κ3) is 2.20. The zero-order chi connectivity index (χ0) is 18.9. The molecule has 4 aliphatic rings. The highest BCUT2D eigenvalue weighted by Crippen LogP contribution is 2.59. The van der Waals surface area contributed by atoms with E-state index in [1.165, 1.54) is 49.0 Å². The van der Waals surface area contributed by atoms with Crippen molar-refractivity contribution in [3.63, 3.8) is 0 Å². The molecule has 0 radical (unpaired) electrons. The molecule has 2 atom stereocenters. The molecule has 1 aliphatic carbocycles. The Kier molecular flexibility index (Phi) is 3.62. The van der Waals surface area contributed by atoms with Gasteiger partial charge in [0.15, 0.2) is 11.5 Å². The molecular weight excluding hydrogens is 350 g/mol. The van der Waals surface area contributed by atoms with Gasteiger partial charge in [0.1, 0.15) is 0 Å². The fraction of sp³-hybridized carbons (Fsp3) is 0.609. The summed E-state index contributed by atoms with van der Waals surface area (Å²) in [4.78, 5) is 7.73.